The van der Waals surface area contributed by atoms with Crippen LogP contribution in [-0.4, -0.2) is 48.3 Å². The summed E-state index contributed by atoms with van der Waals surface area (Å²) in [4.78, 5) is 12.7. The van der Waals surface area contributed by atoms with Crippen LogP contribution in [0, 0.1) is 13.8 Å². The first-order chi connectivity index (χ1) is 13.1. The molecule has 0 aromatic heterocycles. The van der Waals surface area contributed by atoms with Gasteiger partial charge in [0.1, 0.15) is 24.1 Å². The predicted molar refractivity (Wildman–Crippen MR) is 108 cm³/mol. The number of hydrazine groups is 1. The molecule has 7 heteroatoms. The highest BCUT2D eigenvalue weighted by atomic mass is 35.5. The van der Waals surface area contributed by atoms with Crippen LogP contribution < -0.4 is 0 Å². The van der Waals surface area contributed by atoms with Gasteiger partial charge in [-0.15, -0.1) is 0 Å². The Morgan fingerprint density at radius 1 is 1.14 bits per heavy atom. The van der Waals surface area contributed by atoms with Gasteiger partial charge in [-0.1, -0.05) is 23.7 Å². The first-order valence-electron chi connectivity index (χ1n) is 9.36. The lowest BCUT2D eigenvalue weighted by Gasteiger charge is -2.44. The largest absolute Gasteiger partial charge is 0.490 e. The van der Waals surface area contributed by atoms with Gasteiger partial charge in [-0.2, -0.15) is 0 Å². The van der Waals surface area contributed by atoms with Crippen LogP contribution in [0.4, 0.5) is 4.39 Å². The molecule has 0 radical (unpaired) electrons. The number of alkyl halides is 1. The molecule has 1 aliphatic rings. The Morgan fingerprint density at radius 3 is 2.25 bits per heavy atom. The zero-order chi connectivity index (χ0) is 21.1. The first kappa shape index (κ1) is 22.7. The van der Waals surface area contributed by atoms with Crippen LogP contribution in [0.15, 0.2) is 22.9 Å². The fraction of sp³-hybridized carbons (Fsp3) is 0.571. The van der Waals surface area contributed by atoms with Crippen LogP contribution >= 0.6 is 11.6 Å². The number of halogens is 2. The molecule has 156 valence electrons. The molecular formula is C21H30ClFN2O3. The molecule has 2 rings (SSSR count). The number of aryl methyl sites for hydroxylation is 2. The second-order valence-electron chi connectivity index (χ2n) is 8.08. The number of amides is 1. The molecule has 0 saturated carbocycles. The van der Waals surface area contributed by atoms with Crippen molar-refractivity contribution in [3.63, 3.8) is 0 Å². The maximum absolute atomic E-state index is 12.7. The maximum atomic E-state index is 12.7. The van der Waals surface area contributed by atoms with Gasteiger partial charge in [0, 0.05) is 7.05 Å². The third kappa shape index (κ3) is 5.25. The zero-order valence-corrected chi connectivity index (χ0v) is 18.3. The van der Waals surface area contributed by atoms with Gasteiger partial charge in [-0.3, -0.25) is 9.80 Å². The Bertz CT molecular complexity index is 759. The van der Waals surface area contributed by atoms with E-state index < -0.39 is 6.67 Å². The Kier molecular flexibility index (Phi) is 7.48. The monoisotopic (exact) mass is 412 g/mol. The molecule has 1 amide bonds. The van der Waals surface area contributed by atoms with Gasteiger partial charge in [0.25, 0.3) is 5.91 Å². The third-order valence-electron chi connectivity index (χ3n) is 4.65. The Balaban J connectivity index is 2.12. The van der Waals surface area contributed by atoms with E-state index in [9.17, 15) is 9.18 Å². The average molecular weight is 413 g/mol. The van der Waals surface area contributed by atoms with Gasteiger partial charge in [0.15, 0.2) is 0 Å². The van der Waals surface area contributed by atoms with Crippen LogP contribution in [0.3, 0.4) is 0 Å². The van der Waals surface area contributed by atoms with Crippen LogP contribution in [0.1, 0.15) is 43.0 Å². The van der Waals surface area contributed by atoms with E-state index in [-0.39, 0.29) is 23.1 Å². The second-order valence-corrected chi connectivity index (χ2v) is 8.45. The van der Waals surface area contributed by atoms with Gasteiger partial charge >= 0.3 is 0 Å². The van der Waals surface area contributed by atoms with Crippen molar-refractivity contribution in [1.29, 1.82) is 0 Å². The molecule has 0 spiro atoms. The molecule has 1 aromatic rings. The summed E-state index contributed by atoms with van der Waals surface area (Å²) >= 11 is 6.32. The fourth-order valence-corrected chi connectivity index (χ4v) is 3.48. The number of likely N-dealkylation sites (N-methyl/N-ethyl adjacent to an activating group) is 1. The molecule has 0 N–H and O–H groups in total. The van der Waals surface area contributed by atoms with Crippen molar-refractivity contribution < 1.29 is 18.7 Å². The minimum atomic E-state index is -0.486. The minimum Gasteiger partial charge on any atom is -0.490 e. The van der Waals surface area contributed by atoms with Gasteiger partial charge in [-0.05, 0) is 56.9 Å². The van der Waals surface area contributed by atoms with Crippen molar-refractivity contribution in [2.24, 2.45) is 0 Å². The maximum Gasteiger partial charge on any atom is 0.283 e. The van der Waals surface area contributed by atoms with E-state index in [2.05, 4.69) is 0 Å². The highest BCUT2D eigenvalue weighted by Gasteiger charge is 2.37. The highest BCUT2D eigenvalue weighted by molar-refractivity contribution is 6.42. The average Bonchev–Trinajstić information content (AvgIpc) is 2.59. The van der Waals surface area contributed by atoms with Crippen molar-refractivity contribution in [2.75, 3.05) is 26.9 Å². The fourth-order valence-electron chi connectivity index (χ4n) is 3.29. The van der Waals surface area contributed by atoms with Crippen molar-refractivity contribution >= 4 is 17.5 Å². The standard InChI is InChI=1S/C21H30ClFN2O3/c1-14-10-17(15(2)9-16(14)12-27-8-7-23)13-28-18-11-24(6)25(21(3,4)5)20(26)19(18)22/h9-10H,7-8,11-13H2,1-6H3. The summed E-state index contributed by atoms with van der Waals surface area (Å²) in [6, 6.07) is 4.06. The SMILES string of the molecule is Cc1cc(COC2=C(Cl)C(=O)N(C(C)(C)C)N(C)C2)c(C)cc1COCCF. The summed E-state index contributed by atoms with van der Waals surface area (Å²) in [5.74, 6) is 0.216. The summed E-state index contributed by atoms with van der Waals surface area (Å²) < 4.78 is 23.4. The minimum absolute atomic E-state index is 0.100. The van der Waals surface area contributed by atoms with E-state index in [0.29, 0.717) is 25.5 Å². The van der Waals surface area contributed by atoms with Crippen molar-refractivity contribution in [1.82, 2.24) is 10.0 Å². The van der Waals surface area contributed by atoms with E-state index in [1.807, 2.05) is 58.8 Å². The summed E-state index contributed by atoms with van der Waals surface area (Å²) in [5.41, 5.74) is 3.77. The predicted octanol–water partition coefficient (Wildman–Crippen LogP) is 4.24. The number of rotatable bonds is 7. The lowest BCUT2D eigenvalue weighted by atomic mass is 10.0. The van der Waals surface area contributed by atoms with E-state index in [1.165, 1.54) is 0 Å². The molecule has 1 heterocycles. The highest BCUT2D eigenvalue weighted by Crippen LogP contribution is 2.29. The van der Waals surface area contributed by atoms with E-state index >= 15 is 0 Å². The van der Waals surface area contributed by atoms with Gasteiger partial charge in [0.05, 0.1) is 25.3 Å². The molecule has 1 aliphatic heterocycles. The molecule has 1 aromatic carbocycles. The quantitative estimate of drug-likeness (QED) is 0.628. The normalized spacial score (nSPS) is 16.1. The van der Waals surface area contributed by atoms with E-state index in [1.54, 1.807) is 5.01 Å². The van der Waals surface area contributed by atoms with Crippen LogP contribution in [0.25, 0.3) is 0 Å². The summed E-state index contributed by atoms with van der Waals surface area (Å²) in [6.45, 7) is 10.6. The zero-order valence-electron chi connectivity index (χ0n) is 17.6. The van der Waals surface area contributed by atoms with Gasteiger partial charge in [0.2, 0.25) is 0 Å². The number of carbonyl (C=O) groups excluding carboxylic acids is 1. The van der Waals surface area contributed by atoms with Gasteiger partial charge < -0.3 is 9.47 Å². The number of nitrogens with zero attached hydrogens (tertiary/aromatic N) is 2. The van der Waals surface area contributed by atoms with Crippen LogP contribution in [0.5, 0.6) is 0 Å². The van der Waals surface area contributed by atoms with Crippen molar-refractivity contribution in [3.05, 3.63) is 45.2 Å². The lowest BCUT2D eigenvalue weighted by molar-refractivity contribution is -0.157. The van der Waals surface area contributed by atoms with Gasteiger partial charge in [-0.25, -0.2) is 9.40 Å². The lowest BCUT2D eigenvalue weighted by Crippen LogP contribution is -2.57. The molecule has 0 bridgehead atoms. The Hall–Kier alpha value is -1.63. The topological polar surface area (TPSA) is 42.0 Å². The van der Waals surface area contributed by atoms with E-state index in [4.69, 9.17) is 21.1 Å². The molecule has 0 unspecified atom stereocenters. The molecule has 0 atom stereocenters. The smallest absolute Gasteiger partial charge is 0.283 e. The Labute approximate surface area is 172 Å². The summed E-state index contributed by atoms with van der Waals surface area (Å²) in [5, 5.41) is 3.59. The first-order valence-corrected chi connectivity index (χ1v) is 9.73. The summed E-state index contributed by atoms with van der Waals surface area (Å²) in [6.07, 6.45) is 0. The number of benzene rings is 1. The van der Waals surface area contributed by atoms with Crippen LogP contribution in [-0.2, 0) is 27.5 Å². The Morgan fingerprint density at radius 2 is 1.71 bits per heavy atom. The number of hydrogen-bond acceptors (Lipinski definition) is 4. The van der Waals surface area contributed by atoms with Crippen molar-refractivity contribution in [2.45, 2.75) is 53.4 Å². The molecule has 0 fully saturated rings. The number of hydrogen-bond donors (Lipinski definition) is 0. The second kappa shape index (κ2) is 9.25. The number of carbonyl (C=O) groups is 1. The molecule has 28 heavy (non-hydrogen) atoms. The molecular weight excluding hydrogens is 383 g/mol. The molecule has 0 saturated heterocycles. The van der Waals surface area contributed by atoms with Crippen molar-refractivity contribution in [3.8, 4) is 0 Å². The number of ether oxygens (including phenoxy) is 2. The molecule has 0 aliphatic carbocycles. The molecule has 5 nitrogen and oxygen atoms in total. The van der Waals surface area contributed by atoms with Crippen LogP contribution in [0.2, 0.25) is 0 Å². The summed E-state index contributed by atoms with van der Waals surface area (Å²) in [7, 11) is 1.84. The van der Waals surface area contributed by atoms with E-state index in [0.717, 1.165) is 22.3 Å². The third-order valence-corrected chi connectivity index (χ3v) is 5.02.